The first-order valence-electron chi connectivity index (χ1n) is 8.20. The van der Waals surface area contributed by atoms with E-state index in [1.54, 1.807) is 23.9 Å². The molecule has 128 valence electrons. The third-order valence-electron chi connectivity index (χ3n) is 4.50. The Morgan fingerprint density at radius 1 is 1.32 bits per heavy atom. The van der Waals surface area contributed by atoms with Crippen LogP contribution in [0.3, 0.4) is 0 Å². The molecule has 1 aromatic carbocycles. The predicted octanol–water partition coefficient (Wildman–Crippen LogP) is 4.32. The summed E-state index contributed by atoms with van der Waals surface area (Å²) in [6.07, 6.45) is 5.02. The first kappa shape index (κ1) is 16.5. The van der Waals surface area contributed by atoms with Gasteiger partial charge in [-0.3, -0.25) is 4.79 Å². The van der Waals surface area contributed by atoms with Gasteiger partial charge in [-0.2, -0.15) is 0 Å². The van der Waals surface area contributed by atoms with Gasteiger partial charge >= 0.3 is 0 Å². The van der Waals surface area contributed by atoms with Crippen molar-refractivity contribution in [2.24, 2.45) is 0 Å². The van der Waals surface area contributed by atoms with Gasteiger partial charge in [0.05, 0.1) is 23.2 Å². The summed E-state index contributed by atoms with van der Waals surface area (Å²) in [5.74, 6) is 0.460. The van der Waals surface area contributed by atoms with Gasteiger partial charge in [-0.25, -0.2) is 9.97 Å². The van der Waals surface area contributed by atoms with Gasteiger partial charge in [0.15, 0.2) is 0 Å². The van der Waals surface area contributed by atoms with Crippen LogP contribution in [-0.4, -0.2) is 38.8 Å². The van der Waals surface area contributed by atoms with Crippen LogP contribution in [0.1, 0.15) is 34.3 Å². The van der Waals surface area contributed by atoms with Gasteiger partial charge in [0, 0.05) is 34.4 Å². The van der Waals surface area contributed by atoms with E-state index >= 15 is 0 Å². The molecule has 0 saturated carbocycles. The van der Waals surface area contributed by atoms with Crippen molar-refractivity contribution in [3.8, 4) is 11.3 Å². The number of nitrogens with one attached hydrogen (secondary N) is 1. The average molecular weight is 417 g/mol. The lowest BCUT2D eigenvalue weighted by molar-refractivity contribution is 0.0707. The van der Waals surface area contributed by atoms with Crippen molar-refractivity contribution < 1.29 is 4.79 Å². The van der Waals surface area contributed by atoms with Crippen LogP contribution in [0.25, 0.3) is 11.3 Å². The minimum atomic E-state index is 0.0323. The van der Waals surface area contributed by atoms with Crippen molar-refractivity contribution in [1.82, 2.24) is 19.9 Å². The Hall–Kier alpha value is -1.99. The Labute approximate surface area is 158 Å². The molecule has 1 saturated heterocycles. The highest BCUT2D eigenvalue weighted by atomic mass is 79.9. The number of H-pyrrole nitrogens is 1. The Morgan fingerprint density at radius 3 is 2.88 bits per heavy atom. The second-order valence-electron chi connectivity index (χ2n) is 6.11. The number of imidazole rings is 1. The molecule has 0 spiro atoms. The molecule has 0 unspecified atom stereocenters. The van der Waals surface area contributed by atoms with Gasteiger partial charge in [-0.15, -0.1) is 11.3 Å². The number of benzene rings is 1. The average Bonchev–Trinajstić information content (AvgIpc) is 3.33. The van der Waals surface area contributed by atoms with Gasteiger partial charge in [0.2, 0.25) is 0 Å². The first-order chi connectivity index (χ1) is 12.2. The van der Waals surface area contributed by atoms with Gasteiger partial charge in [0.1, 0.15) is 5.69 Å². The molecule has 25 heavy (non-hydrogen) atoms. The van der Waals surface area contributed by atoms with Gasteiger partial charge in [-0.05, 0) is 25.0 Å². The molecule has 1 aliphatic rings. The van der Waals surface area contributed by atoms with E-state index in [0.717, 1.165) is 41.7 Å². The maximum Gasteiger partial charge on any atom is 0.271 e. The molecule has 7 heteroatoms. The lowest BCUT2D eigenvalue weighted by atomic mass is 9.97. The third-order valence-corrected chi connectivity index (χ3v) is 6.00. The van der Waals surface area contributed by atoms with Crippen molar-refractivity contribution in [3.63, 3.8) is 0 Å². The Morgan fingerprint density at radius 2 is 2.16 bits per heavy atom. The van der Waals surface area contributed by atoms with Gasteiger partial charge in [0.25, 0.3) is 5.91 Å². The summed E-state index contributed by atoms with van der Waals surface area (Å²) in [6, 6.07) is 8.21. The Balaban J connectivity index is 1.42. The van der Waals surface area contributed by atoms with E-state index in [0.29, 0.717) is 11.6 Å². The van der Waals surface area contributed by atoms with Crippen LogP contribution in [0, 0.1) is 0 Å². The molecular weight excluding hydrogens is 400 g/mol. The highest BCUT2D eigenvalue weighted by molar-refractivity contribution is 9.10. The normalized spacial score (nSPS) is 15.5. The van der Waals surface area contributed by atoms with Crippen molar-refractivity contribution in [1.29, 1.82) is 0 Å². The monoisotopic (exact) mass is 416 g/mol. The van der Waals surface area contributed by atoms with Crippen molar-refractivity contribution in [3.05, 3.63) is 57.3 Å². The molecule has 0 bridgehead atoms. The molecule has 0 atom stereocenters. The maximum atomic E-state index is 12.4. The number of carbonyl (C=O) groups excluding carboxylic acids is 1. The van der Waals surface area contributed by atoms with E-state index < -0.39 is 0 Å². The number of hydrogen-bond donors (Lipinski definition) is 1. The van der Waals surface area contributed by atoms with Crippen LogP contribution in [0.2, 0.25) is 0 Å². The number of amides is 1. The molecule has 2 aromatic heterocycles. The summed E-state index contributed by atoms with van der Waals surface area (Å²) in [4.78, 5) is 25.9. The van der Waals surface area contributed by atoms with Crippen LogP contribution in [0.5, 0.6) is 0 Å². The van der Waals surface area contributed by atoms with Gasteiger partial charge < -0.3 is 9.88 Å². The number of thiazole rings is 1. The molecule has 1 aliphatic heterocycles. The van der Waals surface area contributed by atoms with Crippen molar-refractivity contribution in [2.45, 2.75) is 18.8 Å². The number of rotatable bonds is 3. The molecule has 1 N–H and O–H groups in total. The summed E-state index contributed by atoms with van der Waals surface area (Å²) < 4.78 is 1.06. The molecule has 3 heterocycles. The molecule has 1 amide bonds. The third kappa shape index (κ3) is 3.52. The largest absolute Gasteiger partial charge is 0.341 e. The number of hydrogen-bond acceptors (Lipinski definition) is 4. The summed E-state index contributed by atoms with van der Waals surface area (Å²) in [5, 5.41) is 3.29. The molecule has 0 radical (unpaired) electrons. The van der Waals surface area contributed by atoms with E-state index in [2.05, 4.69) is 43.4 Å². The summed E-state index contributed by atoms with van der Waals surface area (Å²) in [6.45, 7) is 1.52. The lowest BCUT2D eigenvalue weighted by Gasteiger charge is -2.30. The smallest absolute Gasteiger partial charge is 0.271 e. The molecule has 5 nitrogen and oxygen atoms in total. The number of likely N-dealkylation sites (tertiary alicyclic amines) is 1. The number of aromatic amines is 1. The van der Waals surface area contributed by atoms with E-state index in [9.17, 15) is 4.79 Å². The molecule has 4 rings (SSSR count). The van der Waals surface area contributed by atoms with Gasteiger partial charge in [-0.1, -0.05) is 28.1 Å². The fourth-order valence-electron chi connectivity index (χ4n) is 3.13. The fourth-order valence-corrected chi connectivity index (χ4v) is 4.53. The highest BCUT2D eigenvalue weighted by Gasteiger charge is 2.26. The minimum absolute atomic E-state index is 0.0323. The predicted molar refractivity (Wildman–Crippen MR) is 102 cm³/mol. The zero-order valence-corrected chi connectivity index (χ0v) is 15.9. The lowest BCUT2D eigenvalue weighted by Crippen LogP contribution is -2.38. The number of nitrogens with zero attached hydrogens (tertiary/aromatic N) is 3. The SMILES string of the molecule is O=C(c1cnc[nH]1)N1CCC(c2nc(-c3cccc(Br)c3)cs2)CC1. The number of halogens is 1. The summed E-state index contributed by atoms with van der Waals surface area (Å²) in [7, 11) is 0. The molecular formula is C18H17BrN4OS. The second kappa shape index (κ2) is 7.09. The number of aromatic nitrogens is 3. The zero-order chi connectivity index (χ0) is 17.2. The van der Waals surface area contributed by atoms with Crippen molar-refractivity contribution in [2.75, 3.05) is 13.1 Å². The fraction of sp³-hybridized carbons (Fsp3) is 0.278. The highest BCUT2D eigenvalue weighted by Crippen LogP contribution is 2.33. The summed E-state index contributed by atoms with van der Waals surface area (Å²) >= 11 is 5.23. The van der Waals surface area contributed by atoms with E-state index in [1.165, 1.54) is 5.01 Å². The molecule has 3 aromatic rings. The number of piperidine rings is 1. The second-order valence-corrected chi connectivity index (χ2v) is 7.92. The summed E-state index contributed by atoms with van der Waals surface area (Å²) in [5.41, 5.74) is 2.71. The van der Waals surface area contributed by atoms with Crippen LogP contribution in [0.15, 0.2) is 46.6 Å². The Bertz CT molecular complexity index is 869. The standard InChI is InChI=1S/C18H17BrN4OS/c19-14-3-1-2-13(8-14)16-10-25-17(22-16)12-4-6-23(7-5-12)18(24)15-9-20-11-21-15/h1-3,8-12H,4-7H2,(H,20,21). The first-order valence-corrected chi connectivity index (χ1v) is 9.87. The van der Waals surface area contributed by atoms with Crippen molar-refractivity contribution >= 4 is 33.2 Å². The number of carbonyl (C=O) groups is 1. The quantitative estimate of drug-likeness (QED) is 0.691. The topological polar surface area (TPSA) is 61.9 Å². The maximum absolute atomic E-state index is 12.4. The molecule has 0 aliphatic carbocycles. The van der Waals surface area contributed by atoms with Crippen LogP contribution in [0.4, 0.5) is 0 Å². The van der Waals surface area contributed by atoms with Crippen LogP contribution in [-0.2, 0) is 0 Å². The van der Waals surface area contributed by atoms with E-state index in [4.69, 9.17) is 4.98 Å². The van der Waals surface area contributed by atoms with Crippen LogP contribution < -0.4 is 0 Å². The van der Waals surface area contributed by atoms with E-state index in [1.807, 2.05) is 17.0 Å². The molecule has 1 fully saturated rings. The zero-order valence-electron chi connectivity index (χ0n) is 13.5. The van der Waals surface area contributed by atoms with Crippen LogP contribution >= 0.6 is 27.3 Å². The van der Waals surface area contributed by atoms with E-state index in [-0.39, 0.29) is 5.91 Å². The minimum Gasteiger partial charge on any atom is -0.341 e. The Kier molecular flexibility index (Phi) is 4.67.